The van der Waals surface area contributed by atoms with E-state index in [1.54, 1.807) is 39.0 Å². The average molecular weight is 379 g/mol. The summed E-state index contributed by atoms with van der Waals surface area (Å²) in [7, 11) is 0. The molecule has 1 heterocycles. The van der Waals surface area contributed by atoms with Crippen LogP contribution >= 0.6 is 15.9 Å². The zero-order valence-corrected chi connectivity index (χ0v) is 14.5. The Kier molecular flexibility index (Phi) is 4.75. The standard InChI is InChI=1S/C14H17BrF2N2OS/c1-13(2,3)21(20)19-12(9-7-14(16,17)8-9)10-5-4-6-11(15)18-10/h4-6,9H,7-8H2,1-3H3. The number of alkyl halides is 2. The van der Waals surface area contributed by atoms with Gasteiger partial charge in [-0.3, -0.25) is 0 Å². The van der Waals surface area contributed by atoms with Crippen LogP contribution in [0.4, 0.5) is 8.78 Å². The molecule has 0 spiro atoms. The SMILES string of the molecule is CC(C)(C)[S+]([O-])N=C(c1cccc(Br)n1)C1CC(F)(F)C1. The van der Waals surface area contributed by atoms with Gasteiger partial charge in [0.2, 0.25) is 5.92 Å². The van der Waals surface area contributed by atoms with Crippen molar-refractivity contribution in [3.63, 3.8) is 0 Å². The fourth-order valence-electron chi connectivity index (χ4n) is 1.96. The highest BCUT2D eigenvalue weighted by molar-refractivity contribution is 9.10. The fraction of sp³-hybridized carbons (Fsp3) is 0.571. The van der Waals surface area contributed by atoms with Gasteiger partial charge in [-0.1, -0.05) is 10.5 Å². The van der Waals surface area contributed by atoms with E-state index < -0.39 is 27.9 Å². The molecule has 1 aliphatic carbocycles. The summed E-state index contributed by atoms with van der Waals surface area (Å²) in [5, 5.41) is 0. The number of pyridine rings is 1. The molecule has 1 saturated carbocycles. The van der Waals surface area contributed by atoms with Gasteiger partial charge < -0.3 is 4.55 Å². The van der Waals surface area contributed by atoms with E-state index in [0.717, 1.165) is 0 Å². The summed E-state index contributed by atoms with van der Waals surface area (Å²) < 4.78 is 42.8. The first-order valence-electron chi connectivity index (χ1n) is 6.60. The molecule has 0 N–H and O–H groups in total. The first-order valence-corrected chi connectivity index (χ1v) is 8.50. The van der Waals surface area contributed by atoms with Crippen LogP contribution in [0.3, 0.4) is 0 Å². The normalized spacial score (nSPS) is 21.0. The van der Waals surface area contributed by atoms with Crippen molar-refractivity contribution in [1.82, 2.24) is 4.98 Å². The van der Waals surface area contributed by atoms with Crippen molar-refractivity contribution in [2.24, 2.45) is 10.3 Å². The molecule has 1 aromatic heterocycles. The van der Waals surface area contributed by atoms with E-state index in [0.29, 0.717) is 16.0 Å². The lowest BCUT2D eigenvalue weighted by Gasteiger charge is -2.35. The first kappa shape index (κ1) is 16.8. The molecule has 0 aliphatic heterocycles. The highest BCUT2D eigenvalue weighted by Gasteiger charge is 2.49. The van der Waals surface area contributed by atoms with Gasteiger partial charge in [0.15, 0.2) is 0 Å². The lowest BCUT2D eigenvalue weighted by molar-refractivity contribution is -0.0907. The van der Waals surface area contributed by atoms with E-state index in [-0.39, 0.29) is 12.8 Å². The third-order valence-corrected chi connectivity index (χ3v) is 5.01. The number of hydrogen-bond donors (Lipinski definition) is 0. The zero-order chi connectivity index (χ0) is 15.8. The van der Waals surface area contributed by atoms with Crippen molar-refractivity contribution in [2.45, 2.75) is 44.3 Å². The summed E-state index contributed by atoms with van der Waals surface area (Å²) in [6.07, 6.45) is -0.525. The van der Waals surface area contributed by atoms with Crippen LogP contribution in [-0.2, 0) is 11.4 Å². The van der Waals surface area contributed by atoms with E-state index in [2.05, 4.69) is 25.3 Å². The van der Waals surface area contributed by atoms with Crippen LogP contribution in [0.5, 0.6) is 0 Å². The minimum absolute atomic E-state index is 0.263. The molecule has 1 aromatic rings. The van der Waals surface area contributed by atoms with Crippen molar-refractivity contribution >= 4 is 33.0 Å². The van der Waals surface area contributed by atoms with Crippen LogP contribution in [0.25, 0.3) is 0 Å². The van der Waals surface area contributed by atoms with Crippen LogP contribution in [0, 0.1) is 5.92 Å². The molecule has 0 radical (unpaired) electrons. The van der Waals surface area contributed by atoms with Gasteiger partial charge in [0, 0.05) is 18.8 Å². The second-order valence-corrected chi connectivity index (χ2v) is 8.86. The summed E-state index contributed by atoms with van der Waals surface area (Å²) in [6, 6.07) is 5.22. The Morgan fingerprint density at radius 2 is 2.05 bits per heavy atom. The Labute approximate surface area is 134 Å². The predicted octanol–water partition coefficient (Wildman–Crippen LogP) is 4.14. The monoisotopic (exact) mass is 378 g/mol. The number of halogens is 3. The molecule has 1 fully saturated rings. The molecule has 1 unspecified atom stereocenters. The Bertz CT molecular complexity index is 552. The van der Waals surface area contributed by atoms with Gasteiger partial charge in [0.05, 0.1) is 5.69 Å². The lowest BCUT2D eigenvalue weighted by atomic mass is 9.77. The first-order chi connectivity index (χ1) is 9.58. The molecule has 2 rings (SSSR count). The van der Waals surface area contributed by atoms with Gasteiger partial charge in [0.1, 0.15) is 26.4 Å². The number of nitrogens with zero attached hydrogens (tertiary/aromatic N) is 2. The fourth-order valence-corrected chi connectivity index (χ4v) is 3.00. The Morgan fingerprint density at radius 3 is 2.52 bits per heavy atom. The maximum atomic E-state index is 13.2. The highest BCUT2D eigenvalue weighted by Crippen LogP contribution is 2.44. The van der Waals surface area contributed by atoms with Gasteiger partial charge in [-0.05, 0) is 48.8 Å². The molecule has 0 aromatic carbocycles. The van der Waals surface area contributed by atoms with Gasteiger partial charge in [-0.15, -0.1) is 0 Å². The van der Waals surface area contributed by atoms with Crippen molar-refractivity contribution in [1.29, 1.82) is 0 Å². The van der Waals surface area contributed by atoms with Crippen molar-refractivity contribution < 1.29 is 13.3 Å². The van der Waals surface area contributed by atoms with E-state index in [4.69, 9.17) is 0 Å². The number of aromatic nitrogens is 1. The maximum Gasteiger partial charge on any atom is 0.249 e. The highest BCUT2D eigenvalue weighted by atomic mass is 79.9. The zero-order valence-electron chi connectivity index (χ0n) is 12.1. The van der Waals surface area contributed by atoms with E-state index in [1.165, 1.54) is 0 Å². The molecule has 116 valence electrons. The molecular formula is C14H17BrF2N2OS. The summed E-state index contributed by atoms with van der Waals surface area (Å²) in [5.41, 5.74) is 0.915. The third-order valence-electron chi connectivity index (χ3n) is 3.16. The summed E-state index contributed by atoms with van der Waals surface area (Å²) in [4.78, 5) is 4.27. The Balaban J connectivity index is 2.34. The quantitative estimate of drug-likeness (QED) is 0.450. The second-order valence-electron chi connectivity index (χ2n) is 6.14. The van der Waals surface area contributed by atoms with E-state index >= 15 is 0 Å². The van der Waals surface area contributed by atoms with Crippen LogP contribution in [0.1, 0.15) is 39.3 Å². The van der Waals surface area contributed by atoms with Crippen molar-refractivity contribution in [2.75, 3.05) is 0 Å². The Hall–Kier alpha value is -0.530. The average Bonchev–Trinajstić information content (AvgIpc) is 2.31. The maximum absolute atomic E-state index is 13.2. The molecule has 0 bridgehead atoms. The van der Waals surface area contributed by atoms with Crippen LogP contribution < -0.4 is 0 Å². The van der Waals surface area contributed by atoms with Crippen molar-refractivity contribution in [3.8, 4) is 0 Å². The molecule has 0 amide bonds. The van der Waals surface area contributed by atoms with Gasteiger partial charge in [0.25, 0.3) is 0 Å². The van der Waals surface area contributed by atoms with Crippen LogP contribution in [0.2, 0.25) is 0 Å². The molecule has 0 saturated heterocycles. The van der Waals surface area contributed by atoms with Crippen molar-refractivity contribution in [3.05, 3.63) is 28.5 Å². The lowest BCUT2D eigenvalue weighted by Crippen LogP contribution is -2.41. The number of hydrogen-bond acceptors (Lipinski definition) is 3. The van der Waals surface area contributed by atoms with Gasteiger partial charge in [-0.25, -0.2) is 13.8 Å². The smallest absolute Gasteiger partial charge is 0.249 e. The molecule has 21 heavy (non-hydrogen) atoms. The summed E-state index contributed by atoms with van der Waals surface area (Å²) >= 11 is 1.76. The largest absolute Gasteiger partial charge is 0.591 e. The molecule has 3 nitrogen and oxygen atoms in total. The second kappa shape index (κ2) is 5.93. The predicted molar refractivity (Wildman–Crippen MR) is 84.0 cm³/mol. The Morgan fingerprint density at radius 1 is 1.43 bits per heavy atom. The van der Waals surface area contributed by atoms with E-state index in [1.807, 2.05) is 0 Å². The van der Waals surface area contributed by atoms with Crippen LogP contribution in [0.15, 0.2) is 27.2 Å². The third kappa shape index (κ3) is 4.23. The van der Waals surface area contributed by atoms with Gasteiger partial charge >= 0.3 is 0 Å². The molecule has 7 heteroatoms. The van der Waals surface area contributed by atoms with E-state index in [9.17, 15) is 13.3 Å². The molecule has 1 atom stereocenters. The van der Waals surface area contributed by atoms with Gasteiger partial charge in [-0.2, -0.15) is 0 Å². The summed E-state index contributed by atoms with van der Waals surface area (Å²) in [6.45, 7) is 5.40. The number of rotatable bonds is 3. The molecular weight excluding hydrogens is 362 g/mol. The topological polar surface area (TPSA) is 48.3 Å². The summed E-state index contributed by atoms with van der Waals surface area (Å²) in [5.74, 6) is -3.05. The minimum atomic E-state index is -2.65. The minimum Gasteiger partial charge on any atom is -0.591 e. The van der Waals surface area contributed by atoms with Crippen LogP contribution in [-0.4, -0.2) is 25.9 Å². The molecule has 1 aliphatic rings.